The van der Waals surface area contributed by atoms with E-state index in [1.54, 1.807) is 17.8 Å². The zero-order valence-electron chi connectivity index (χ0n) is 11.3. The summed E-state index contributed by atoms with van der Waals surface area (Å²) in [6.07, 6.45) is 1.24. The molecule has 2 aromatic carbocycles. The molecule has 0 saturated heterocycles. The number of hydrogen-bond acceptors (Lipinski definition) is 4. The third-order valence-electron chi connectivity index (χ3n) is 3.10. The topological polar surface area (TPSA) is 47.3 Å². The Bertz CT molecular complexity index is 866. The summed E-state index contributed by atoms with van der Waals surface area (Å²) in [5, 5.41) is 0.431. The lowest BCUT2D eigenvalue weighted by Gasteiger charge is -2.04. The van der Waals surface area contributed by atoms with Crippen molar-refractivity contribution in [2.75, 3.05) is 0 Å². The minimum absolute atomic E-state index is 0.0889. The Morgan fingerprint density at radius 2 is 1.81 bits per heavy atom. The van der Waals surface area contributed by atoms with Crippen molar-refractivity contribution < 1.29 is 9.21 Å². The van der Waals surface area contributed by atoms with E-state index in [2.05, 4.69) is 0 Å². The molecule has 0 unspecified atom stereocenters. The molecule has 4 heteroatoms. The highest BCUT2D eigenvalue weighted by Gasteiger charge is 2.11. The molecule has 0 radical (unpaired) electrons. The van der Waals surface area contributed by atoms with Gasteiger partial charge in [0.15, 0.2) is 5.78 Å². The van der Waals surface area contributed by atoms with E-state index in [4.69, 9.17) is 4.42 Å². The normalized spacial score (nSPS) is 10.7. The molecule has 3 aromatic rings. The molecule has 0 aliphatic heterocycles. The molecular formula is C17H12O3S. The van der Waals surface area contributed by atoms with Gasteiger partial charge >= 0.3 is 0 Å². The van der Waals surface area contributed by atoms with Crippen LogP contribution in [0.3, 0.4) is 0 Å². The second kappa shape index (κ2) is 5.58. The van der Waals surface area contributed by atoms with Crippen molar-refractivity contribution in [1.29, 1.82) is 0 Å². The maximum atomic E-state index is 12.2. The molecule has 0 amide bonds. The van der Waals surface area contributed by atoms with Gasteiger partial charge < -0.3 is 4.42 Å². The quantitative estimate of drug-likeness (QED) is 0.681. The maximum Gasteiger partial charge on any atom is 0.203 e. The molecule has 0 saturated carbocycles. The molecule has 3 rings (SSSR count). The first kappa shape index (κ1) is 13.6. The van der Waals surface area contributed by atoms with Crippen LogP contribution in [0.2, 0.25) is 0 Å². The molecule has 3 nitrogen and oxygen atoms in total. The molecule has 0 N–H and O–H groups in total. The third kappa shape index (κ3) is 2.76. The molecule has 0 atom stereocenters. The van der Waals surface area contributed by atoms with Gasteiger partial charge in [0.1, 0.15) is 17.4 Å². The zero-order chi connectivity index (χ0) is 14.8. The molecule has 104 valence electrons. The van der Waals surface area contributed by atoms with Crippen LogP contribution in [0, 0.1) is 0 Å². The van der Waals surface area contributed by atoms with Crippen LogP contribution < -0.4 is 5.43 Å². The number of ketones is 1. The van der Waals surface area contributed by atoms with Gasteiger partial charge in [-0.3, -0.25) is 9.59 Å². The minimum atomic E-state index is -0.284. The fourth-order valence-corrected chi connectivity index (χ4v) is 2.91. The SMILES string of the molecule is CC(=O)c1coc2cc(Sc3ccccc3)ccc2c1=O. The second-order valence-electron chi connectivity index (χ2n) is 4.61. The number of Topliss-reactive ketones (excluding diaryl/α,β-unsaturated/α-hetero) is 1. The van der Waals surface area contributed by atoms with E-state index in [1.165, 1.54) is 13.2 Å². The second-order valence-corrected chi connectivity index (χ2v) is 5.75. The van der Waals surface area contributed by atoms with Crippen LogP contribution in [-0.4, -0.2) is 5.78 Å². The Kier molecular flexibility index (Phi) is 3.62. The average Bonchev–Trinajstić information content (AvgIpc) is 2.48. The molecule has 0 bridgehead atoms. The number of hydrogen-bond donors (Lipinski definition) is 0. The first-order valence-electron chi connectivity index (χ1n) is 6.44. The highest BCUT2D eigenvalue weighted by Crippen LogP contribution is 2.29. The van der Waals surface area contributed by atoms with E-state index < -0.39 is 0 Å². The van der Waals surface area contributed by atoms with Crippen LogP contribution in [0.15, 0.2) is 73.8 Å². The molecule has 0 aliphatic carbocycles. The number of carbonyl (C=O) groups excluding carboxylic acids is 1. The van der Waals surface area contributed by atoms with Gasteiger partial charge in [-0.05, 0) is 37.3 Å². The predicted molar refractivity (Wildman–Crippen MR) is 83.1 cm³/mol. The summed E-state index contributed by atoms with van der Waals surface area (Å²) in [4.78, 5) is 25.6. The Labute approximate surface area is 125 Å². The molecule has 0 spiro atoms. The number of carbonyl (C=O) groups is 1. The molecule has 1 aromatic heterocycles. The molecule has 21 heavy (non-hydrogen) atoms. The lowest BCUT2D eigenvalue weighted by Crippen LogP contribution is -2.12. The van der Waals surface area contributed by atoms with Gasteiger partial charge in [-0.1, -0.05) is 30.0 Å². The van der Waals surface area contributed by atoms with Gasteiger partial charge in [0, 0.05) is 9.79 Å². The molecular weight excluding hydrogens is 284 g/mol. The molecule has 0 aliphatic rings. The van der Waals surface area contributed by atoms with E-state index in [0.717, 1.165) is 9.79 Å². The van der Waals surface area contributed by atoms with Gasteiger partial charge in [-0.15, -0.1) is 0 Å². The van der Waals surface area contributed by atoms with E-state index in [9.17, 15) is 9.59 Å². The van der Waals surface area contributed by atoms with E-state index >= 15 is 0 Å². The highest BCUT2D eigenvalue weighted by molar-refractivity contribution is 7.99. The fraction of sp³-hybridized carbons (Fsp3) is 0.0588. The lowest BCUT2D eigenvalue weighted by atomic mass is 10.1. The Morgan fingerprint density at radius 1 is 1.05 bits per heavy atom. The summed E-state index contributed by atoms with van der Waals surface area (Å²) in [6, 6.07) is 15.3. The van der Waals surface area contributed by atoms with Gasteiger partial charge in [-0.2, -0.15) is 0 Å². The van der Waals surface area contributed by atoms with Crippen molar-refractivity contribution in [3.8, 4) is 0 Å². The van der Waals surface area contributed by atoms with Crippen molar-refractivity contribution in [2.24, 2.45) is 0 Å². The van der Waals surface area contributed by atoms with E-state index in [-0.39, 0.29) is 16.8 Å². The van der Waals surface area contributed by atoms with Gasteiger partial charge in [0.05, 0.1) is 5.39 Å². The summed E-state index contributed by atoms with van der Waals surface area (Å²) in [7, 11) is 0. The van der Waals surface area contributed by atoms with Gasteiger partial charge in [0.2, 0.25) is 5.43 Å². The summed E-state index contributed by atoms with van der Waals surface area (Å²) < 4.78 is 5.43. The van der Waals surface area contributed by atoms with Crippen molar-refractivity contribution in [3.05, 3.63) is 70.6 Å². The Hall–Kier alpha value is -2.33. The van der Waals surface area contributed by atoms with Gasteiger partial charge in [-0.25, -0.2) is 0 Å². The third-order valence-corrected chi connectivity index (χ3v) is 4.10. The minimum Gasteiger partial charge on any atom is -0.463 e. The smallest absolute Gasteiger partial charge is 0.203 e. The summed E-state index contributed by atoms with van der Waals surface area (Å²) in [5.41, 5.74) is 0.303. The number of fused-ring (bicyclic) bond motifs is 1. The first-order valence-corrected chi connectivity index (χ1v) is 7.26. The molecule has 0 fully saturated rings. The standard InChI is InChI=1S/C17H12O3S/c1-11(18)15-10-20-16-9-13(7-8-14(16)17(15)19)21-12-5-3-2-4-6-12/h2-10H,1H3. The van der Waals surface area contributed by atoms with E-state index in [1.807, 2.05) is 42.5 Å². The summed E-state index contributed by atoms with van der Waals surface area (Å²) in [5.74, 6) is -0.284. The highest BCUT2D eigenvalue weighted by atomic mass is 32.2. The summed E-state index contributed by atoms with van der Waals surface area (Å²) >= 11 is 1.59. The van der Waals surface area contributed by atoms with Crippen LogP contribution in [0.4, 0.5) is 0 Å². The van der Waals surface area contributed by atoms with Crippen LogP contribution in [0.25, 0.3) is 11.0 Å². The number of benzene rings is 2. The van der Waals surface area contributed by atoms with Crippen molar-refractivity contribution in [3.63, 3.8) is 0 Å². The van der Waals surface area contributed by atoms with Crippen LogP contribution in [-0.2, 0) is 0 Å². The first-order chi connectivity index (χ1) is 10.1. The van der Waals surface area contributed by atoms with Crippen LogP contribution in [0.1, 0.15) is 17.3 Å². The zero-order valence-corrected chi connectivity index (χ0v) is 12.1. The lowest BCUT2D eigenvalue weighted by molar-refractivity contribution is 0.101. The summed E-state index contributed by atoms with van der Waals surface area (Å²) in [6.45, 7) is 1.36. The van der Waals surface area contributed by atoms with Crippen molar-refractivity contribution in [1.82, 2.24) is 0 Å². The van der Waals surface area contributed by atoms with Crippen LogP contribution in [0.5, 0.6) is 0 Å². The Balaban J connectivity index is 2.04. The largest absolute Gasteiger partial charge is 0.463 e. The number of rotatable bonds is 3. The van der Waals surface area contributed by atoms with Gasteiger partial charge in [0.25, 0.3) is 0 Å². The fourth-order valence-electron chi connectivity index (χ4n) is 2.04. The Morgan fingerprint density at radius 3 is 2.52 bits per heavy atom. The van der Waals surface area contributed by atoms with Crippen molar-refractivity contribution in [2.45, 2.75) is 16.7 Å². The maximum absolute atomic E-state index is 12.2. The monoisotopic (exact) mass is 296 g/mol. The van der Waals surface area contributed by atoms with Crippen LogP contribution >= 0.6 is 11.8 Å². The average molecular weight is 296 g/mol. The molecule has 1 heterocycles. The predicted octanol–water partition coefficient (Wildman–Crippen LogP) is 4.15. The van der Waals surface area contributed by atoms with Crippen molar-refractivity contribution >= 4 is 28.5 Å². The van der Waals surface area contributed by atoms with E-state index in [0.29, 0.717) is 11.0 Å².